The molecule has 1 aliphatic carbocycles. The van der Waals surface area contributed by atoms with Crippen molar-refractivity contribution >= 4 is 17.8 Å². The second-order valence-electron chi connectivity index (χ2n) is 6.47. The topological polar surface area (TPSA) is 123 Å². The van der Waals surface area contributed by atoms with Crippen LogP contribution in [-0.4, -0.2) is 58.5 Å². The Bertz CT molecular complexity index is 624. The van der Waals surface area contributed by atoms with Gasteiger partial charge in [-0.15, -0.1) is 0 Å². The predicted octanol–water partition coefficient (Wildman–Crippen LogP) is 0.552. The lowest BCUT2D eigenvalue weighted by molar-refractivity contribution is -0.139. The summed E-state index contributed by atoms with van der Waals surface area (Å²) in [5.74, 6) is -1.82. The van der Waals surface area contributed by atoms with Crippen LogP contribution in [0.4, 0.5) is 0 Å². The van der Waals surface area contributed by atoms with E-state index in [2.05, 4.69) is 15.7 Å². The van der Waals surface area contributed by atoms with Crippen molar-refractivity contribution in [1.82, 2.24) is 20.4 Å². The monoisotopic (exact) mass is 366 g/mol. The molecule has 0 radical (unpaired) electrons. The van der Waals surface area contributed by atoms with Gasteiger partial charge in [0.2, 0.25) is 5.91 Å². The number of aromatic nitrogens is 2. The minimum atomic E-state index is -1.13. The normalized spacial score (nSPS) is 16.0. The molecule has 1 aromatic heterocycles. The van der Waals surface area contributed by atoms with E-state index in [-0.39, 0.29) is 37.1 Å². The van der Waals surface area contributed by atoms with Crippen LogP contribution < -0.4 is 10.6 Å². The van der Waals surface area contributed by atoms with Gasteiger partial charge < -0.3 is 20.5 Å². The maximum Gasteiger partial charge on any atom is 0.326 e. The fraction of sp³-hybridized carbons (Fsp3) is 0.647. The molecular formula is C17H26N4O5. The number of ether oxygens (including phenoxy) is 1. The minimum Gasteiger partial charge on any atom is -0.480 e. The molecule has 1 aromatic rings. The molecule has 9 heteroatoms. The van der Waals surface area contributed by atoms with Gasteiger partial charge in [-0.1, -0.05) is 19.3 Å². The lowest BCUT2D eigenvalue weighted by Crippen LogP contribution is -2.41. The highest BCUT2D eigenvalue weighted by Crippen LogP contribution is 2.17. The highest BCUT2D eigenvalue weighted by Gasteiger charge is 2.21. The molecule has 0 saturated heterocycles. The first kappa shape index (κ1) is 19.9. The maximum atomic E-state index is 12.2. The third kappa shape index (κ3) is 6.14. The number of nitrogens with one attached hydrogen (secondary N) is 2. The number of aliphatic carboxylic acids is 1. The van der Waals surface area contributed by atoms with Crippen molar-refractivity contribution < 1.29 is 24.2 Å². The molecule has 0 bridgehead atoms. The molecule has 0 aromatic carbocycles. The Balaban J connectivity index is 1.86. The van der Waals surface area contributed by atoms with E-state index in [0.717, 1.165) is 25.7 Å². The number of rotatable bonds is 9. The SMILES string of the molecule is COCCC(NC(=O)c1cnn(CC(=O)NC2CCCCC2)c1)C(=O)O. The van der Waals surface area contributed by atoms with Gasteiger partial charge in [-0.2, -0.15) is 5.10 Å². The summed E-state index contributed by atoms with van der Waals surface area (Å²) in [7, 11) is 1.46. The van der Waals surface area contributed by atoms with E-state index in [1.165, 1.54) is 30.6 Å². The number of methoxy groups -OCH3 is 1. The number of carbonyl (C=O) groups excluding carboxylic acids is 2. The Labute approximate surface area is 152 Å². The van der Waals surface area contributed by atoms with Crippen LogP contribution in [-0.2, 0) is 20.9 Å². The van der Waals surface area contributed by atoms with Crippen LogP contribution in [0.25, 0.3) is 0 Å². The molecule has 2 rings (SSSR count). The number of amides is 2. The third-order valence-corrected chi connectivity index (χ3v) is 4.39. The van der Waals surface area contributed by atoms with Crippen molar-refractivity contribution in [1.29, 1.82) is 0 Å². The highest BCUT2D eigenvalue weighted by molar-refractivity contribution is 5.96. The molecule has 1 atom stereocenters. The first-order valence-electron chi connectivity index (χ1n) is 8.84. The van der Waals surface area contributed by atoms with E-state index >= 15 is 0 Å². The Hall–Kier alpha value is -2.42. The summed E-state index contributed by atoms with van der Waals surface area (Å²) in [5.41, 5.74) is 0.208. The van der Waals surface area contributed by atoms with Crippen LogP contribution in [0.15, 0.2) is 12.4 Å². The zero-order valence-electron chi connectivity index (χ0n) is 14.9. The molecule has 144 valence electrons. The minimum absolute atomic E-state index is 0.0236. The first-order chi connectivity index (χ1) is 12.5. The van der Waals surface area contributed by atoms with Crippen LogP contribution in [0, 0.1) is 0 Å². The van der Waals surface area contributed by atoms with Crippen molar-refractivity contribution in [3.8, 4) is 0 Å². The van der Waals surface area contributed by atoms with Crippen molar-refractivity contribution in [3.63, 3.8) is 0 Å². The van der Waals surface area contributed by atoms with Gasteiger partial charge in [-0.25, -0.2) is 4.79 Å². The molecule has 1 heterocycles. The van der Waals surface area contributed by atoms with Gasteiger partial charge in [-0.05, 0) is 12.8 Å². The number of carboxylic acids is 1. The zero-order chi connectivity index (χ0) is 18.9. The van der Waals surface area contributed by atoms with Gasteiger partial charge in [0.1, 0.15) is 12.6 Å². The molecular weight excluding hydrogens is 340 g/mol. The van der Waals surface area contributed by atoms with E-state index in [1.807, 2.05) is 0 Å². The summed E-state index contributed by atoms with van der Waals surface area (Å²) in [6.45, 7) is 0.244. The number of hydrogen-bond donors (Lipinski definition) is 3. The summed E-state index contributed by atoms with van der Waals surface area (Å²) in [6, 6.07) is -0.827. The van der Waals surface area contributed by atoms with E-state index in [1.54, 1.807) is 0 Å². The molecule has 0 spiro atoms. The van der Waals surface area contributed by atoms with Crippen LogP contribution >= 0.6 is 0 Å². The molecule has 1 saturated carbocycles. The Morgan fingerprint density at radius 3 is 2.73 bits per heavy atom. The van der Waals surface area contributed by atoms with Gasteiger partial charge in [0.05, 0.1) is 11.8 Å². The van der Waals surface area contributed by atoms with Crippen molar-refractivity contribution in [2.24, 2.45) is 0 Å². The fourth-order valence-corrected chi connectivity index (χ4v) is 2.97. The highest BCUT2D eigenvalue weighted by atomic mass is 16.5. The smallest absolute Gasteiger partial charge is 0.326 e. The molecule has 3 N–H and O–H groups in total. The molecule has 26 heavy (non-hydrogen) atoms. The average molecular weight is 366 g/mol. The van der Waals surface area contributed by atoms with Crippen LogP contribution in [0.5, 0.6) is 0 Å². The quantitative estimate of drug-likeness (QED) is 0.587. The van der Waals surface area contributed by atoms with E-state index < -0.39 is 17.9 Å². The molecule has 0 aliphatic heterocycles. The molecule has 1 unspecified atom stereocenters. The Kier molecular flexibility index (Phi) is 7.58. The number of carbonyl (C=O) groups is 3. The van der Waals surface area contributed by atoms with Gasteiger partial charge in [-0.3, -0.25) is 14.3 Å². The van der Waals surface area contributed by atoms with Crippen molar-refractivity contribution in [3.05, 3.63) is 18.0 Å². The van der Waals surface area contributed by atoms with E-state index in [9.17, 15) is 14.4 Å². The first-order valence-corrected chi connectivity index (χ1v) is 8.84. The van der Waals surface area contributed by atoms with Crippen LogP contribution in [0.1, 0.15) is 48.9 Å². The predicted molar refractivity (Wildman–Crippen MR) is 92.6 cm³/mol. The molecule has 1 fully saturated rings. The standard InChI is InChI=1S/C17H26N4O5/c1-26-8-7-14(17(24)25)20-16(23)12-9-18-21(10-12)11-15(22)19-13-5-3-2-4-6-13/h9-10,13-14H,2-8,11H2,1H3,(H,19,22)(H,20,23)(H,24,25). The van der Waals surface area contributed by atoms with E-state index in [0.29, 0.717) is 0 Å². The fourth-order valence-electron chi connectivity index (χ4n) is 2.97. The summed E-state index contributed by atoms with van der Waals surface area (Å²) >= 11 is 0. The average Bonchev–Trinajstić information content (AvgIpc) is 3.07. The lowest BCUT2D eigenvalue weighted by Gasteiger charge is -2.22. The second-order valence-corrected chi connectivity index (χ2v) is 6.47. The summed E-state index contributed by atoms with van der Waals surface area (Å²) in [6.07, 6.45) is 8.38. The third-order valence-electron chi connectivity index (χ3n) is 4.39. The maximum absolute atomic E-state index is 12.2. The molecule has 2 amide bonds. The summed E-state index contributed by atoms with van der Waals surface area (Å²) in [4.78, 5) is 35.4. The Morgan fingerprint density at radius 1 is 1.35 bits per heavy atom. The van der Waals surface area contributed by atoms with Crippen LogP contribution in [0.3, 0.4) is 0 Å². The molecule has 9 nitrogen and oxygen atoms in total. The summed E-state index contributed by atoms with van der Waals surface area (Å²) < 4.78 is 6.22. The zero-order valence-corrected chi connectivity index (χ0v) is 14.9. The Morgan fingerprint density at radius 2 is 2.08 bits per heavy atom. The number of carboxylic acid groups (broad SMARTS) is 1. The van der Waals surface area contributed by atoms with Gasteiger partial charge in [0.15, 0.2) is 0 Å². The van der Waals surface area contributed by atoms with Gasteiger partial charge >= 0.3 is 5.97 Å². The van der Waals surface area contributed by atoms with Crippen molar-refractivity contribution in [2.75, 3.05) is 13.7 Å². The van der Waals surface area contributed by atoms with Gasteiger partial charge in [0, 0.05) is 32.4 Å². The summed E-state index contributed by atoms with van der Waals surface area (Å²) in [5, 5.41) is 18.6. The van der Waals surface area contributed by atoms with Crippen LogP contribution in [0.2, 0.25) is 0 Å². The number of hydrogen-bond acceptors (Lipinski definition) is 5. The largest absolute Gasteiger partial charge is 0.480 e. The van der Waals surface area contributed by atoms with Gasteiger partial charge in [0.25, 0.3) is 5.91 Å². The number of nitrogens with zero attached hydrogens (tertiary/aromatic N) is 2. The second kappa shape index (κ2) is 9.91. The van der Waals surface area contributed by atoms with Crippen molar-refractivity contribution in [2.45, 2.75) is 57.2 Å². The van der Waals surface area contributed by atoms with E-state index in [4.69, 9.17) is 9.84 Å². The molecule has 1 aliphatic rings. The lowest BCUT2D eigenvalue weighted by atomic mass is 9.95.